The van der Waals surface area contributed by atoms with Crippen LogP contribution in [0.15, 0.2) is 18.2 Å². The number of hydrogen-bond acceptors (Lipinski definition) is 4. The van der Waals surface area contributed by atoms with E-state index in [1.54, 1.807) is 6.07 Å². The molecule has 1 unspecified atom stereocenters. The van der Waals surface area contributed by atoms with Crippen molar-refractivity contribution in [3.63, 3.8) is 0 Å². The van der Waals surface area contributed by atoms with E-state index >= 15 is 0 Å². The molecule has 6 heteroatoms. The van der Waals surface area contributed by atoms with Crippen molar-refractivity contribution in [2.75, 3.05) is 5.73 Å². The van der Waals surface area contributed by atoms with Crippen LogP contribution < -0.4 is 11.5 Å². The third-order valence-electron chi connectivity index (χ3n) is 2.09. The molecule has 1 radical (unpaired) electrons. The van der Waals surface area contributed by atoms with Crippen LogP contribution in [0.4, 0.5) is 11.4 Å². The van der Waals surface area contributed by atoms with E-state index in [9.17, 15) is 14.9 Å². The number of non-ortho nitro benzene ring substituents is 1. The molecule has 16 heavy (non-hydrogen) atoms. The fourth-order valence-electron chi connectivity index (χ4n) is 1.36. The number of rotatable bonds is 4. The Morgan fingerprint density at radius 2 is 2.12 bits per heavy atom. The van der Waals surface area contributed by atoms with Gasteiger partial charge in [-0.3, -0.25) is 14.9 Å². The van der Waals surface area contributed by atoms with Crippen LogP contribution in [0.5, 0.6) is 0 Å². The summed E-state index contributed by atoms with van der Waals surface area (Å²) in [4.78, 5) is 20.7. The van der Waals surface area contributed by atoms with E-state index in [0.29, 0.717) is 5.56 Å². The number of nitro benzene ring substituents is 1. The fraction of sp³-hybridized carbons (Fsp3) is 0.200. The largest absolute Gasteiger partial charge is 0.399 e. The van der Waals surface area contributed by atoms with Crippen molar-refractivity contribution < 1.29 is 9.72 Å². The minimum atomic E-state index is -0.545. The number of benzene rings is 1. The quantitative estimate of drug-likeness (QED) is 0.449. The maximum Gasteiger partial charge on any atom is 0.271 e. The highest BCUT2D eigenvalue weighted by Gasteiger charge is 2.14. The van der Waals surface area contributed by atoms with E-state index in [-0.39, 0.29) is 17.8 Å². The number of nitrogens with two attached hydrogens (primary N) is 2. The average molecular weight is 222 g/mol. The molecular formula is C10H12N3O3. The molecule has 0 bridgehead atoms. The summed E-state index contributed by atoms with van der Waals surface area (Å²) in [5, 5.41) is 10.6. The molecule has 1 amide bonds. The van der Waals surface area contributed by atoms with Crippen LogP contribution in [0.3, 0.4) is 0 Å². The minimum Gasteiger partial charge on any atom is -0.399 e. The topological polar surface area (TPSA) is 112 Å². The Bertz CT molecular complexity index is 431. The number of primary amides is 1. The van der Waals surface area contributed by atoms with E-state index < -0.39 is 16.7 Å². The van der Waals surface area contributed by atoms with Gasteiger partial charge in [0.25, 0.3) is 5.69 Å². The predicted octanol–water partition coefficient (Wildman–Crippen LogP) is 0.970. The van der Waals surface area contributed by atoms with Crippen molar-refractivity contribution in [3.05, 3.63) is 40.8 Å². The summed E-state index contributed by atoms with van der Waals surface area (Å²) in [6.07, 6.45) is 0.0284. The second kappa shape index (κ2) is 4.61. The van der Waals surface area contributed by atoms with Crippen LogP contribution in [0.25, 0.3) is 0 Å². The van der Waals surface area contributed by atoms with Crippen LogP contribution in [-0.2, 0) is 4.79 Å². The second-order valence-electron chi connectivity index (χ2n) is 3.48. The van der Waals surface area contributed by atoms with Crippen molar-refractivity contribution in [3.8, 4) is 0 Å². The molecule has 1 aromatic carbocycles. The molecule has 1 rings (SSSR count). The number of nitrogens with zero attached hydrogens (tertiary/aromatic N) is 1. The number of carbonyl (C=O) groups excluding carboxylic acids is 1. The lowest BCUT2D eigenvalue weighted by atomic mass is 9.96. The van der Waals surface area contributed by atoms with Crippen molar-refractivity contribution in [1.29, 1.82) is 0 Å². The van der Waals surface area contributed by atoms with Gasteiger partial charge in [-0.05, 0) is 24.5 Å². The normalized spacial score (nSPS) is 12.1. The molecule has 0 saturated heterocycles. The van der Waals surface area contributed by atoms with Crippen molar-refractivity contribution in [2.45, 2.75) is 12.3 Å². The summed E-state index contributed by atoms with van der Waals surface area (Å²) >= 11 is 0. The Labute approximate surface area is 92.4 Å². The second-order valence-corrected chi connectivity index (χ2v) is 3.48. The maximum atomic E-state index is 10.7. The van der Waals surface area contributed by atoms with Gasteiger partial charge in [0, 0.05) is 24.2 Å². The highest BCUT2D eigenvalue weighted by atomic mass is 16.6. The highest BCUT2D eigenvalue weighted by molar-refractivity contribution is 5.75. The zero-order chi connectivity index (χ0) is 12.3. The first-order valence-electron chi connectivity index (χ1n) is 4.56. The summed E-state index contributed by atoms with van der Waals surface area (Å²) in [5.41, 5.74) is 11.2. The molecule has 0 spiro atoms. The Morgan fingerprint density at radius 3 is 2.62 bits per heavy atom. The van der Waals surface area contributed by atoms with Gasteiger partial charge in [0.15, 0.2) is 0 Å². The predicted molar refractivity (Wildman–Crippen MR) is 59.4 cm³/mol. The highest BCUT2D eigenvalue weighted by Crippen LogP contribution is 2.25. The van der Waals surface area contributed by atoms with Crippen molar-refractivity contribution in [1.82, 2.24) is 0 Å². The first-order valence-corrected chi connectivity index (χ1v) is 4.56. The number of anilines is 1. The van der Waals surface area contributed by atoms with Crippen LogP contribution in [-0.4, -0.2) is 10.8 Å². The van der Waals surface area contributed by atoms with E-state index in [0.717, 1.165) is 0 Å². The molecule has 0 aliphatic heterocycles. The Balaban J connectivity index is 3.04. The van der Waals surface area contributed by atoms with Crippen LogP contribution in [0.1, 0.15) is 17.9 Å². The van der Waals surface area contributed by atoms with Gasteiger partial charge < -0.3 is 11.5 Å². The third-order valence-corrected chi connectivity index (χ3v) is 2.09. The number of nitrogen functional groups attached to an aromatic ring is 1. The summed E-state index contributed by atoms with van der Waals surface area (Å²) in [7, 11) is 0. The van der Waals surface area contributed by atoms with Gasteiger partial charge in [-0.2, -0.15) is 0 Å². The van der Waals surface area contributed by atoms with Crippen LogP contribution in [0.2, 0.25) is 0 Å². The summed E-state index contributed by atoms with van der Waals surface area (Å²) in [5.74, 6) is -0.940. The molecule has 0 aliphatic carbocycles. The van der Waals surface area contributed by atoms with Gasteiger partial charge in [0.2, 0.25) is 5.91 Å². The molecule has 4 N–H and O–H groups in total. The lowest BCUT2D eigenvalue weighted by molar-refractivity contribution is -0.384. The number of amides is 1. The zero-order valence-corrected chi connectivity index (χ0v) is 8.55. The Kier molecular flexibility index (Phi) is 3.44. The average Bonchev–Trinajstić information content (AvgIpc) is 2.15. The zero-order valence-electron chi connectivity index (χ0n) is 8.55. The van der Waals surface area contributed by atoms with Gasteiger partial charge in [-0.25, -0.2) is 0 Å². The molecule has 0 aliphatic rings. The van der Waals surface area contributed by atoms with E-state index in [1.807, 2.05) is 0 Å². The van der Waals surface area contributed by atoms with Gasteiger partial charge in [0.05, 0.1) is 4.92 Å². The molecule has 0 heterocycles. The number of hydrogen-bond donors (Lipinski definition) is 2. The maximum absolute atomic E-state index is 10.7. The van der Waals surface area contributed by atoms with E-state index in [1.165, 1.54) is 12.1 Å². The van der Waals surface area contributed by atoms with Gasteiger partial charge in [-0.15, -0.1) is 0 Å². The molecule has 1 aromatic rings. The van der Waals surface area contributed by atoms with Gasteiger partial charge in [0.1, 0.15) is 0 Å². The molecule has 1 atom stereocenters. The third kappa shape index (κ3) is 2.94. The first kappa shape index (κ1) is 12.0. The Hall–Kier alpha value is -2.11. The molecule has 0 aromatic heterocycles. The molecule has 0 saturated carbocycles. The van der Waals surface area contributed by atoms with E-state index in [2.05, 4.69) is 6.92 Å². The summed E-state index contributed by atoms with van der Waals surface area (Å²) < 4.78 is 0. The molecule has 0 fully saturated rings. The first-order chi connectivity index (χ1) is 7.40. The van der Waals surface area contributed by atoms with Gasteiger partial charge in [-0.1, -0.05) is 0 Å². The minimum absolute atomic E-state index is 0.0284. The SMILES string of the molecule is [CH2]C(CC(N)=O)c1cc(N)cc([N+](=O)[O-])c1. The van der Waals surface area contributed by atoms with Crippen LogP contribution >= 0.6 is 0 Å². The lowest BCUT2D eigenvalue weighted by Crippen LogP contribution is -2.14. The van der Waals surface area contributed by atoms with Gasteiger partial charge >= 0.3 is 0 Å². The summed E-state index contributed by atoms with van der Waals surface area (Å²) in [6, 6.07) is 4.14. The molecule has 85 valence electrons. The molecule has 6 nitrogen and oxygen atoms in total. The summed E-state index contributed by atoms with van der Waals surface area (Å²) in [6.45, 7) is 3.71. The number of carbonyl (C=O) groups is 1. The standard InChI is InChI=1S/C10H12N3O3/c1-6(2-10(12)14)7-3-8(11)5-9(4-7)13(15)16/h3-6H,1-2,11H2,(H2,12,14). The monoisotopic (exact) mass is 222 g/mol. The van der Waals surface area contributed by atoms with E-state index in [4.69, 9.17) is 11.5 Å². The Morgan fingerprint density at radius 1 is 1.50 bits per heavy atom. The van der Waals surface area contributed by atoms with Crippen molar-refractivity contribution in [2.24, 2.45) is 5.73 Å². The fourth-order valence-corrected chi connectivity index (χ4v) is 1.36. The lowest BCUT2D eigenvalue weighted by Gasteiger charge is -2.09. The molecular weight excluding hydrogens is 210 g/mol. The number of nitro groups is 1. The van der Waals surface area contributed by atoms with Crippen LogP contribution in [0, 0.1) is 17.0 Å². The van der Waals surface area contributed by atoms with Crippen molar-refractivity contribution >= 4 is 17.3 Å². The smallest absolute Gasteiger partial charge is 0.271 e.